The summed E-state index contributed by atoms with van der Waals surface area (Å²) in [6.45, 7) is 4.66. The molecule has 52 heavy (non-hydrogen) atoms. The Bertz CT molecular complexity index is 865. The molecule has 1 unspecified atom stereocenters. The number of allylic oxidation sites excluding steroid dienone is 2. The van der Waals surface area contributed by atoms with Crippen LogP contribution in [0.15, 0.2) is 12.2 Å². The molecule has 0 aromatic rings. The number of aliphatic hydroxyl groups is 1. The number of nitrogens with zero attached hydrogens (tertiary/aromatic N) is 1. The fraction of sp³-hybridized carbons (Fsp3) is 0.930. The molecular weight excluding hydrogens is 671 g/mol. The maximum atomic E-state index is 12.8. The van der Waals surface area contributed by atoms with Crippen molar-refractivity contribution in [3.8, 4) is 0 Å². The molecule has 0 rings (SSSR count). The van der Waals surface area contributed by atoms with Gasteiger partial charge in [-0.05, 0) is 38.5 Å². The second-order valence-electron chi connectivity index (χ2n) is 16.4. The average molecular weight is 759 g/mol. The maximum absolute atomic E-state index is 12.8. The molecule has 0 aromatic heterocycles. The quantitative estimate of drug-likeness (QED) is 0.0279. The van der Waals surface area contributed by atoms with E-state index in [0.717, 1.165) is 44.9 Å². The summed E-state index contributed by atoms with van der Waals surface area (Å²) >= 11 is 0. The van der Waals surface area contributed by atoms with Crippen LogP contribution in [0, 0.1) is 0 Å². The van der Waals surface area contributed by atoms with E-state index in [2.05, 4.69) is 31.3 Å². The third-order valence-electron chi connectivity index (χ3n) is 10.0. The van der Waals surface area contributed by atoms with Crippen LogP contribution < -0.4 is 10.2 Å². The Morgan fingerprint density at radius 2 is 1.06 bits per heavy atom. The van der Waals surface area contributed by atoms with Crippen LogP contribution in [0.2, 0.25) is 0 Å². The highest BCUT2D eigenvalue weighted by molar-refractivity contribution is 7.45. The highest BCUT2D eigenvalue weighted by Crippen LogP contribution is 2.38. The lowest BCUT2D eigenvalue weighted by Crippen LogP contribution is -2.46. The molecular formula is C43H87N2O6P. The van der Waals surface area contributed by atoms with Crippen LogP contribution in [0.1, 0.15) is 206 Å². The molecule has 8 nitrogen and oxygen atoms in total. The number of amides is 1. The Hall–Kier alpha value is -0.760. The number of carbonyl (C=O) groups excluding carboxylic acids is 1. The zero-order valence-electron chi connectivity index (χ0n) is 35.0. The molecule has 0 saturated carbocycles. The minimum absolute atomic E-state index is 0.00922. The predicted octanol–water partition coefficient (Wildman–Crippen LogP) is 11.3. The number of aliphatic hydroxyl groups excluding tert-OH is 1. The molecule has 1 amide bonds. The monoisotopic (exact) mass is 759 g/mol. The first-order valence-electron chi connectivity index (χ1n) is 22.0. The lowest BCUT2D eigenvalue weighted by atomic mass is 10.0. The van der Waals surface area contributed by atoms with Gasteiger partial charge in [-0.2, -0.15) is 0 Å². The van der Waals surface area contributed by atoms with E-state index in [-0.39, 0.29) is 19.1 Å². The SMILES string of the molecule is CCCCC/C=C/CCCC[C@@H](O)[C@H](COP(=O)([O-])OCC[N+](C)(C)C)NC(=O)CCCCCCCCCCCCCCCCCCCCCCC. The van der Waals surface area contributed by atoms with E-state index in [1.54, 1.807) is 0 Å². The van der Waals surface area contributed by atoms with Crippen LogP contribution in [0.5, 0.6) is 0 Å². The van der Waals surface area contributed by atoms with Gasteiger partial charge in [-0.15, -0.1) is 0 Å². The number of phosphoric acid groups is 1. The molecule has 0 aromatic carbocycles. The van der Waals surface area contributed by atoms with Crippen LogP contribution >= 0.6 is 7.82 Å². The summed E-state index contributed by atoms with van der Waals surface area (Å²) < 4.78 is 23.2. The molecule has 0 fully saturated rings. The van der Waals surface area contributed by atoms with Gasteiger partial charge in [0.15, 0.2) is 0 Å². The van der Waals surface area contributed by atoms with Gasteiger partial charge in [-0.3, -0.25) is 9.36 Å². The lowest BCUT2D eigenvalue weighted by Gasteiger charge is -2.30. The number of rotatable bonds is 40. The molecule has 0 spiro atoms. The minimum Gasteiger partial charge on any atom is -0.756 e. The molecule has 0 aliphatic rings. The second-order valence-corrected chi connectivity index (χ2v) is 17.8. The van der Waals surface area contributed by atoms with Crippen molar-refractivity contribution < 1.29 is 32.9 Å². The number of unbranched alkanes of at least 4 members (excludes halogenated alkanes) is 25. The van der Waals surface area contributed by atoms with Crippen molar-refractivity contribution in [3.05, 3.63) is 12.2 Å². The Morgan fingerprint density at radius 3 is 1.50 bits per heavy atom. The van der Waals surface area contributed by atoms with Gasteiger partial charge in [0.05, 0.1) is 39.9 Å². The Morgan fingerprint density at radius 1 is 0.654 bits per heavy atom. The molecule has 0 radical (unpaired) electrons. The number of hydrogen-bond donors (Lipinski definition) is 2. The summed E-state index contributed by atoms with van der Waals surface area (Å²) in [4.78, 5) is 25.2. The fourth-order valence-corrected chi connectivity index (χ4v) is 7.17. The smallest absolute Gasteiger partial charge is 0.268 e. The second kappa shape index (κ2) is 35.9. The van der Waals surface area contributed by atoms with Gasteiger partial charge in [0.1, 0.15) is 13.2 Å². The lowest BCUT2D eigenvalue weighted by molar-refractivity contribution is -0.870. The highest BCUT2D eigenvalue weighted by Gasteiger charge is 2.24. The highest BCUT2D eigenvalue weighted by atomic mass is 31.2. The maximum Gasteiger partial charge on any atom is 0.268 e. The number of quaternary nitrogens is 1. The first-order valence-corrected chi connectivity index (χ1v) is 23.5. The minimum atomic E-state index is -4.56. The van der Waals surface area contributed by atoms with Crippen LogP contribution in [0.4, 0.5) is 0 Å². The molecule has 3 atom stereocenters. The van der Waals surface area contributed by atoms with E-state index < -0.39 is 20.0 Å². The van der Waals surface area contributed by atoms with Crippen LogP contribution in [0.25, 0.3) is 0 Å². The summed E-state index contributed by atoms with van der Waals surface area (Å²) in [5.74, 6) is -0.174. The fourth-order valence-electron chi connectivity index (χ4n) is 6.45. The van der Waals surface area contributed by atoms with E-state index in [9.17, 15) is 19.4 Å². The van der Waals surface area contributed by atoms with Gasteiger partial charge in [0, 0.05) is 6.42 Å². The van der Waals surface area contributed by atoms with Crippen molar-refractivity contribution in [3.63, 3.8) is 0 Å². The van der Waals surface area contributed by atoms with Crippen molar-refractivity contribution >= 4 is 13.7 Å². The van der Waals surface area contributed by atoms with Gasteiger partial charge in [0.2, 0.25) is 5.91 Å². The molecule has 9 heteroatoms. The Kier molecular flexibility index (Phi) is 35.4. The first-order chi connectivity index (χ1) is 25.0. The summed E-state index contributed by atoms with van der Waals surface area (Å²) in [7, 11) is 1.29. The van der Waals surface area contributed by atoms with E-state index in [4.69, 9.17) is 9.05 Å². The third kappa shape index (κ3) is 37.6. The number of nitrogens with one attached hydrogen (secondary N) is 1. The Labute approximate surface area is 322 Å². The standard InChI is InChI=1S/C43H87N2O6P/c1-6-8-10-12-14-16-17-18-19-20-21-22-23-24-25-26-27-29-31-33-35-37-43(47)44-41(40-51-52(48,49)50-39-38-45(3,4)5)42(46)36-34-32-30-28-15-13-11-9-7-2/h15,28,41-42,46H,6-14,16-27,29-40H2,1-5H3,(H-,44,47,48,49)/b28-15+/t41-,42+/m0/s1. The van der Waals surface area contributed by atoms with Gasteiger partial charge in [-0.1, -0.05) is 174 Å². The van der Waals surface area contributed by atoms with Crippen molar-refractivity contribution in [2.24, 2.45) is 0 Å². The normalized spacial score (nSPS) is 14.5. The van der Waals surface area contributed by atoms with E-state index in [0.29, 0.717) is 23.9 Å². The van der Waals surface area contributed by atoms with Crippen molar-refractivity contribution in [2.75, 3.05) is 40.9 Å². The van der Waals surface area contributed by atoms with E-state index >= 15 is 0 Å². The molecule has 0 bridgehead atoms. The van der Waals surface area contributed by atoms with Crippen LogP contribution in [-0.2, 0) is 18.4 Å². The number of carbonyl (C=O) groups is 1. The first kappa shape index (κ1) is 51.2. The molecule has 0 heterocycles. The number of likely N-dealkylation sites (N-methyl/N-ethyl adjacent to an activating group) is 1. The summed E-state index contributed by atoms with van der Waals surface area (Å²) in [6.07, 6.45) is 39.5. The summed E-state index contributed by atoms with van der Waals surface area (Å²) in [5.41, 5.74) is 0. The molecule has 2 N–H and O–H groups in total. The molecule has 310 valence electrons. The van der Waals surface area contributed by atoms with Crippen molar-refractivity contribution in [1.29, 1.82) is 0 Å². The van der Waals surface area contributed by atoms with Crippen LogP contribution in [-0.4, -0.2) is 68.5 Å². The molecule has 0 saturated heterocycles. The van der Waals surface area contributed by atoms with Gasteiger partial charge in [0.25, 0.3) is 7.82 Å². The summed E-state index contributed by atoms with van der Waals surface area (Å²) in [5, 5.41) is 13.8. The zero-order valence-corrected chi connectivity index (χ0v) is 35.9. The average Bonchev–Trinajstić information content (AvgIpc) is 3.09. The third-order valence-corrected chi connectivity index (χ3v) is 11.0. The predicted molar refractivity (Wildman–Crippen MR) is 219 cm³/mol. The van der Waals surface area contributed by atoms with Crippen molar-refractivity contribution in [1.82, 2.24) is 5.32 Å². The van der Waals surface area contributed by atoms with E-state index in [1.165, 1.54) is 135 Å². The van der Waals surface area contributed by atoms with Gasteiger partial charge < -0.3 is 28.8 Å². The number of hydrogen-bond acceptors (Lipinski definition) is 6. The Balaban J connectivity index is 4.19. The van der Waals surface area contributed by atoms with Gasteiger partial charge >= 0.3 is 0 Å². The molecule has 0 aliphatic carbocycles. The largest absolute Gasteiger partial charge is 0.756 e. The van der Waals surface area contributed by atoms with Crippen molar-refractivity contribution in [2.45, 2.75) is 219 Å². The zero-order chi connectivity index (χ0) is 38.6. The molecule has 0 aliphatic heterocycles. The van der Waals surface area contributed by atoms with E-state index in [1.807, 2.05) is 21.1 Å². The topological polar surface area (TPSA) is 108 Å². The summed E-state index contributed by atoms with van der Waals surface area (Å²) in [6, 6.07) is -0.809. The number of phosphoric ester groups is 1. The van der Waals surface area contributed by atoms with Gasteiger partial charge in [-0.25, -0.2) is 0 Å². The van der Waals surface area contributed by atoms with Crippen LogP contribution in [0.3, 0.4) is 0 Å².